The number of nitrogens with one attached hydrogen (secondary N) is 1. The maximum Gasteiger partial charge on any atom is 0.128 e. The van der Waals surface area contributed by atoms with Crippen molar-refractivity contribution < 1.29 is 0 Å². The Balaban J connectivity index is 2.08. The van der Waals surface area contributed by atoms with Crippen molar-refractivity contribution in [1.82, 2.24) is 10.3 Å². The number of hydrogen-bond acceptors (Lipinski definition) is 3. The lowest BCUT2D eigenvalue weighted by Crippen LogP contribution is -2.37. The van der Waals surface area contributed by atoms with E-state index in [4.69, 9.17) is 11.6 Å². The van der Waals surface area contributed by atoms with Crippen molar-refractivity contribution in [3.05, 3.63) is 22.8 Å². The molecule has 4 heteroatoms. The van der Waals surface area contributed by atoms with Gasteiger partial charge in [0.25, 0.3) is 0 Å². The van der Waals surface area contributed by atoms with Gasteiger partial charge in [0.2, 0.25) is 0 Å². The molecule has 2 rings (SSSR count). The Kier molecular flexibility index (Phi) is 4.69. The summed E-state index contributed by atoms with van der Waals surface area (Å²) < 4.78 is 0. The molecule has 0 amide bonds. The summed E-state index contributed by atoms with van der Waals surface area (Å²) in [6, 6.07) is 2.13. The Morgan fingerprint density at radius 3 is 2.68 bits per heavy atom. The molecule has 0 bridgehead atoms. The van der Waals surface area contributed by atoms with E-state index in [1.54, 1.807) is 6.20 Å². The smallest absolute Gasteiger partial charge is 0.128 e. The van der Waals surface area contributed by atoms with Gasteiger partial charge in [0, 0.05) is 25.8 Å². The van der Waals surface area contributed by atoms with Crippen LogP contribution in [0.4, 0.5) is 5.82 Å². The standard InChI is InChI=1S/C15H24ClN3/c1-4-17-10-12-9-14(18-11-13(12)16)19-7-5-15(2,3)6-8-19/h9,11,17H,4-8,10H2,1-3H3. The first-order valence-electron chi connectivity index (χ1n) is 7.12. The first kappa shape index (κ1) is 14.6. The van der Waals surface area contributed by atoms with E-state index in [2.05, 4.69) is 42.0 Å². The molecule has 1 aliphatic heterocycles. The zero-order valence-electron chi connectivity index (χ0n) is 12.2. The number of anilines is 1. The second-order valence-corrected chi connectivity index (χ2v) is 6.47. The lowest BCUT2D eigenvalue weighted by molar-refractivity contribution is 0.279. The lowest BCUT2D eigenvalue weighted by atomic mass is 9.83. The van der Waals surface area contributed by atoms with Crippen LogP contribution in [-0.4, -0.2) is 24.6 Å². The molecule has 1 aliphatic rings. The highest BCUT2D eigenvalue weighted by molar-refractivity contribution is 6.31. The van der Waals surface area contributed by atoms with Crippen LogP contribution in [0.2, 0.25) is 5.02 Å². The highest BCUT2D eigenvalue weighted by Gasteiger charge is 2.26. The van der Waals surface area contributed by atoms with Crippen LogP contribution in [0, 0.1) is 5.41 Å². The molecule has 1 fully saturated rings. The zero-order valence-corrected chi connectivity index (χ0v) is 12.9. The molecular weight excluding hydrogens is 258 g/mol. The first-order valence-corrected chi connectivity index (χ1v) is 7.50. The van der Waals surface area contributed by atoms with Crippen molar-refractivity contribution in [1.29, 1.82) is 0 Å². The molecule has 0 aliphatic carbocycles. The third kappa shape index (κ3) is 3.83. The largest absolute Gasteiger partial charge is 0.357 e. The molecule has 1 N–H and O–H groups in total. The van der Waals surface area contributed by atoms with Crippen LogP contribution < -0.4 is 10.2 Å². The summed E-state index contributed by atoms with van der Waals surface area (Å²) >= 11 is 6.20. The topological polar surface area (TPSA) is 28.2 Å². The van der Waals surface area contributed by atoms with Gasteiger partial charge in [-0.05, 0) is 36.4 Å². The number of pyridine rings is 1. The number of piperidine rings is 1. The fourth-order valence-electron chi connectivity index (χ4n) is 2.38. The maximum absolute atomic E-state index is 6.20. The number of hydrogen-bond donors (Lipinski definition) is 1. The fraction of sp³-hybridized carbons (Fsp3) is 0.667. The van der Waals surface area contributed by atoms with Crippen LogP contribution in [0.15, 0.2) is 12.3 Å². The minimum Gasteiger partial charge on any atom is -0.357 e. The highest BCUT2D eigenvalue weighted by atomic mass is 35.5. The molecule has 1 aromatic heterocycles. The van der Waals surface area contributed by atoms with Gasteiger partial charge in [0.1, 0.15) is 5.82 Å². The van der Waals surface area contributed by atoms with E-state index in [0.29, 0.717) is 5.41 Å². The number of aromatic nitrogens is 1. The second-order valence-electron chi connectivity index (χ2n) is 6.07. The van der Waals surface area contributed by atoms with E-state index in [9.17, 15) is 0 Å². The molecule has 106 valence electrons. The molecule has 0 saturated carbocycles. The van der Waals surface area contributed by atoms with E-state index >= 15 is 0 Å². The maximum atomic E-state index is 6.20. The number of rotatable bonds is 4. The Morgan fingerprint density at radius 2 is 2.05 bits per heavy atom. The monoisotopic (exact) mass is 281 g/mol. The normalized spacial score (nSPS) is 18.6. The predicted octanol–water partition coefficient (Wildman–Crippen LogP) is 3.47. The van der Waals surface area contributed by atoms with Crippen LogP contribution in [0.25, 0.3) is 0 Å². The molecule has 2 heterocycles. The van der Waals surface area contributed by atoms with E-state index < -0.39 is 0 Å². The van der Waals surface area contributed by atoms with Crippen LogP contribution in [0.1, 0.15) is 39.2 Å². The summed E-state index contributed by atoms with van der Waals surface area (Å²) in [4.78, 5) is 6.86. The Morgan fingerprint density at radius 1 is 1.37 bits per heavy atom. The molecule has 1 aromatic rings. The summed E-state index contributed by atoms with van der Waals surface area (Å²) in [6.45, 7) is 10.7. The van der Waals surface area contributed by atoms with Crippen LogP contribution in [0.5, 0.6) is 0 Å². The minimum atomic E-state index is 0.468. The van der Waals surface area contributed by atoms with Crippen molar-refractivity contribution in [2.75, 3.05) is 24.5 Å². The fourth-order valence-corrected chi connectivity index (χ4v) is 2.55. The van der Waals surface area contributed by atoms with Crippen molar-refractivity contribution in [3.63, 3.8) is 0 Å². The molecule has 0 radical (unpaired) electrons. The second kappa shape index (κ2) is 6.10. The average molecular weight is 282 g/mol. The van der Waals surface area contributed by atoms with Gasteiger partial charge in [0.15, 0.2) is 0 Å². The van der Waals surface area contributed by atoms with Crippen molar-refractivity contribution in [3.8, 4) is 0 Å². The summed E-state index contributed by atoms with van der Waals surface area (Å²) in [7, 11) is 0. The van der Waals surface area contributed by atoms with Crippen molar-refractivity contribution in [2.24, 2.45) is 5.41 Å². The Bertz CT molecular complexity index is 421. The first-order chi connectivity index (χ1) is 9.02. The van der Waals surface area contributed by atoms with Crippen LogP contribution in [-0.2, 0) is 6.54 Å². The van der Waals surface area contributed by atoms with Gasteiger partial charge >= 0.3 is 0 Å². The third-order valence-electron chi connectivity index (χ3n) is 3.93. The lowest BCUT2D eigenvalue weighted by Gasteiger charge is -2.37. The van der Waals surface area contributed by atoms with Gasteiger partial charge in [0.05, 0.1) is 5.02 Å². The highest BCUT2D eigenvalue weighted by Crippen LogP contribution is 2.32. The quantitative estimate of drug-likeness (QED) is 0.916. The minimum absolute atomic E-state index is 0.468. The molecule has 1 saturated heterocycles. The summed E-state index contributed by atoms with van der Waals surface area (Å²) in [5.74, 6) is 1.06. The van der Waals surface area contributed by atoms with E-state index in [1.807, 2.05) is 0 Å². The van der Waals surface area contributed by atoms with E-state index in [-0.39, 0.29) is 0 Å². The Hall–Kier alpha value is -0.800. The van der Waals surface area contributed by atoms with E-state index in [1.165, 1.54) is 12.8 Å². The van der Waals surface area contributed by atoms with Gasteiger partial charge in [-0.15, -0.1) is 0 Å². The molecule has 0 atom stereocenters. The zero-order chi connectivity index (χ0) is 13.9. The number of nitrogens with zero attached hydrogens (tertiary/aromatic N) is 2. The van der Waals surface area contributed by atoms with Crippen molar-refractivity contribution >= 4 is 17.4 Å². The molecule has 3 nitrogen and oxygen atoms in total. The van der Waals surface area contributed by atoms with Gasteiger partial charge < -0.3 is 10.2 Å². The Labute approximate surface area is 121 Å². The molecular formula is C15H24ClN3. The molecule has 0 aromatic carbocycles. The summed E-state index contributed by atoms with van der Waals surface area (Å²) in [6.07, 6.45) is 4.23. The molecule has 19 heavy (non-hydrogen) atoms. The van der Waals surface area contributed by atoms with Gasteiger partial charge in [-0.25, -0.2) is 4.98 Å². The summed E-state index contributed by atoms with van der Waals surface area (Å²) in [5.41, 5.74) is 1.61. The van der Waals surface area contributed by atoms with E-state index in [0.717, 1.165) is 42.6 Å². The van der Waals surface area contributed by atoms with Gasteiger partial charge in [-0.3, -0.25) is 0 Å². The summed E-state index contributed by atoms with van der Waals surface area (Å²) in [5, 5.41) is 4.07. The van der Waals surface area contributed by atoms with Crippen molar-refractivity contribution in [2.45, 2.75) is 40.2 Å². The van der Waals surface area contributed by atoms with Gasteiger partial charge in [-0.2, -0.15) is 0 Å². The SMILES string of the molecule is CCNCc1cc(N2CCC(C)(C)CC2)ncc1Cl. The predicted molar refractivity (Wildman–Crippen MR) is 81.9 cm³/mol. The van der Waals surface area contributed by atoms with Crippen LogP contribution >= 0.6 is 11.6 Å². The average Bonchev–Trinajstić information content (AvgIpc) is 2.38. The molecule has 0 spiro atoms. The van der Waals surface area contributed by atoms with Crippen LogP contribution in [0.3, 0.4) is 0 Å². The number of halogens is 1. The van der Waals surface area contributed by atoms with Gasteiger partial charge in [-0.1, -0.05) is 32.4 Å². The molecule has 0 unspecified atom stereocenters. The third-order valence-corrected chi connectivity index (χ3v) is 4.27.